The van der Waals surface area contributed by atoms with E-state index in [1.54, 1.807) is 26.0 Å². The fourth-order valence-corrected chi connectivity index (χ4v) is 6.16. The molecule has 8 nitrogen and oxygen atoms in total. The Kier molecular flexibility index (Phi) is 10.0. The Morgan fingerprint density at radius 2 is 1.17 bits per heavy atom. The molecule has 0 fully saturated rings. The Morgan fingerprint density at radius 3 is 1.74 bits per heavy atom. The Balaban J connectivity index is 0.00000480. The van der Waals surface area contributed by atoms with Crippen molar-refractivity contribution in [3.05, 3.63) is 69.3 Å². The summed E-state index contributed by atoms with van der Waals surface area (Å²) in [5.41, 5.74) is 6.31. The van der Waals surface area contributed by atoms with E-state index < -0.39 is 23.7 Å². The zero-order valence-corrected chi connectivity index (χ0v) is 27.1. The number of hydrogen-bond acceptors (Lipinski definition) is 4. The van der Waals surface area contributed by atoms with E-state index in [0.29, 0.717) is 51.0 Å². The van der Waals surface area contributed by atoms with E-state index in [1.165, 1.54) is 12.1 Å². The van der Waals surface area contributed by atoms with Crippen LogP contribution in [0.25, 0.3) is 44.4 Å². The summed E-state index contributed by atoms with van der Waals surface area (Å²) < 4.78 is 43.7. The Bertz CT molecular complexity index is 1970. The van der Waals surface area contributed by atoms with Gasteiger partial charge in [-0.1, -0.05) is 60.4 Å². The Hall–Kier alpha value is -4.15. The second-order valence-electron chi connectivity index (χ2n) is 11.3. The molecule has 0 aromatic carbocycles. The minimum absolute atomic E-state index is 0. The van der Waals surface area contributed by atoms with Gasteiger partial charge in [-0.3, -0.25) is 9.59 Å². The van der Waals surface area contributed by atoms with Crippen molar-refractivity contribution in [2.75, 3.05) is 0 Å². The minimum Gasteiger partial charge on any atom is -0.657 e. The number of carboxylic acid groups (broad SMARTS) is 2. The van der Waals surface area contributed by atoms with Gasteiger partial charge in [0.05, 0.1) is 28.3 Å². The Morgan fingerprint density at radius 1 is 0.696 bits per heavy atom. The van der Waals surface area contributed by atoms with Gasteiger partial charge in [-0.2, -0.15) is 13.2 Å². The number of aryl methyl sites for hydroxylation is 4. The van der Waals surface area contributed by atoms with Crippen LogP contribution < -0.4 is 9.97 Å². The molecule has 46 heavy (non-hydrogen) atoms. The second-order valence-corrected chi connectivity index (χ2v) is 11.3. The quantitative estimate of drug-likeness (QED) is 0.236. The molecule has 2 aliphatic heterocycles. The molecule has 12 heteroatoms. The van der Waals surface area contributed by atoms with Crippen LogP contribution in [0, 0.1) is 13.8 Å². The first-order valence-electron chi connectivity index (χ1n) is 14.8. The number of rotatable bonds is 8. The summed E-state index contributed by atoms with van der Waals surface area (Å²) in [5, 5.41) is 18.9. The van der Waals surface area contributed by atoms with Crippen LogP contribution in [-0.4, -0.2) is 38.3 Å². The standard InChI is InChI=1S/C34H35F3N4O4.Fe/c1-6-19-16(3)23-12-24-17(4)21(8-10-31(42)43)28(39-24)14-29-22(9-11-32(44)45)18(5)25(40-29)13-27-20(7-2)33(34(35,36)37)30(41-27)15-26(19)38-23;/h12-15H,6-11H2,1-5H3,(H4,38,39,40,41,42,43,44,45);/p-2. The first kappa shape index (κ1) is 34.7. The summed E-state index contributed by atoms with van der Waals surface area (Å²) in [6, 6.07) is 6.40. The van der Waals surface area contributed by atoms with Crippen molar-refractivity contribution >= 4 is 56.3 Å². The van der Waals surface area contributed by atoms with E-state index in [0.717, 1.165) is 22.3 Å². The van der Waals surface area contributed by atoms with Crippen molar-refractivity contribution in [3.63, 3.8) is 0 Å². The third-order valence-corrected chi connectivity index (χ3v) is 8.53. The van der Waals surface area contributed by atoms with Gasteiger partial charge in [-0.25, -0.2) is 9.97 Å². The number of alkyl halides is 3. The molecule has 0 spiro atoms. The van der Waals surface area contributed by atoms with Gasteiger partial charge < -0.3 is 20.2 Å². The summed E-state index contributed by atoms with van der Waals surface area (Å²) in [7, 11) is 0. The number of carbonyl (C=O) groups is 2. The maximum absolute atomic E-state index is 14.6. The summed E-state index contributed by atoms with van der Waals surface area (Å²) >= 11 is 0. The van der Waals surface area contributed by atoms with Crippen LogP contribution in [-0.2, 0) is 39.5 Å². The van der Waals surface area contributed by atoms with E-state index in [9.17, 15) is 33.0 Å². The summed E-state index contributed by atoms with van der Waals surface area (Å²) in [4.78, 5) is 41.9. The van der Waals surface area contributed by atoms with Crippen molar-refractivity contribution in [2.45, 2.75) is 79.3 Å². The smallest absolute Gasteiger partial charge is 0.418 e. The molecule has 2 N–H and O–H groups in total. The van der Waals surface area contributed by atoms with Crippen molar-refractivity contribution in [2.24, 2.45) is 0 Å². The second kappa shape index (κ2) is 13.3. The largest absolute Gasteiger partial charge is 0.657 e. The average Bonchev–Trinajstić information content (AvgIpc) is 3.63. The number of aromatic nitrogens is 4. The molecule has 0 saturated heterocycles. The molecule has 0 aliphatic carbocycles. The number of fused-ring (bicyclic) bond motifs is 8. The fourth-order valence-electron chi connectivity index (χ4n) is 6.16. The molecule has 2 aliphatic rings. The SMILES string of the molecule is CCC1=C(C(F)(F)F)c2cc3[n-]c(cc4nc(cc5[n-]c(cc1n2)c(C)c5CCC(=O)O)C(CCC(=O)O)=C4C)c(C)c3CC.[Fe]. The third kappa shape index (κ3) is 6.55. The van der Waals surface area contributed by atoms with Crippen LogP contribution in [0.3, 0.4) is 0 Å². The fraction of sp³-hybridized carbons (Fsp3) is 0.353. The summed E-state index contributed by atoms with van der Waals surface area (Å²) in [6.45, 7) is 9.03. The third-order valence-electron chi connectivity index (χ3n) is 8.53. The molecule has 0 radical (unpaired) electrons. The van der Waals surface area contributed by atoms with E-state index in [2.05, 4.69) is 4.98 Å². The van der Waals surface area contributed by atoms with E-state index in [1.807, 2.05) is 20.8 Å². The Labute approximate surface area is 274 Å². The van der Waals surface area contributed by atoms with Crippen LogP contribution >= 0.6 is 0 Å². The number of nitrogens with zero attached hydrogens (tertiary/aromatic N) is 4. The van der Waals surface area contributed by atoms with Crippen molar-refractivity contribution in [3.8, 4) is 0 Å². The van der Waals surface area contributed by atoms with Crippen LogP contribution in [0.15, 0.2) is 24.3 Å². The zero-order chi connectivity index (χ0) is 32.8. The predicted molar refractivity (Wildman–Crippen MR) is 166 cm³/mol. The normalized spacial score (nSPS) is 13.3. The molecule has 0 unspecified atom stereocenters. The van der Waals surface area contributed by atoms with Gasteiger partial charge in [0, 0.05) is 29.9 Å². The minimum atomic E-state index is -4.67. The molecule has 0 amide bonds. The maximum Gasteiger partial charge on any atom is 0.418 e. The maximum atomic E-state index is 14.6. The van der Waals surface area contributed by atoms with E-state index >= 15 is 0 Å². The van der Waals surface area contributed by atoms with Crippen molar-refractivity contribution in [1.82, 2.24) is 19.9 Å². The van der Waals surface area contributed by atoms with Crippen molar-refractivity contribution < 1.29 is 50.0 Å². The number of carboxylic acids is 2. The van der Waals surface area contributed by atoms with E-state index in [-0.39, 0.29) is 66.1 Å². The van der Waals surface area contributed by atoms with Gasteiger partial charge >= 0.3 is 18.1 Å². The van der Waals surface area contributed by atoms with Gasteiger partial charge in [-0.05, 0) is 63.2 Å². The van der Waals surface area contributed by atoms with Gasteiger partial charge in [0.2, 0.25) is 0 Å². The van der Waals surface area contributed by atoms with Crippen LogP contribution in [0.5, 0.6) is 0 Å². The number of aliphatic carboxylic acids is 2. The van der Waals surface area contributed by atoms with Gasteiger partial charge in [0.15, 0.2) is 0 Å². The van der Waals surface area contributed by atoms with Gasteiger partial charge in [0.1, 0.15) is 0 Å². The van der Waals surface area contributed by atoms with Crippen LogP contribution in [0.4, 0.5) is 13.2 Å². The average molecular weight is 675 g/mol. The van der Waals surface area contributed by atoms with Crippen LogP contribution in [0.2, 0.25) is 0 Å². The monoisotopic (exact) mass is 674 g/mol. The molecular weight excluding hydrogens is 641 g/mol. The summed E-state index contributed by atoms with van der Waals surface area (Å²) in [5.74, 6) is -1.96. The first-order valence-corrected chi connectivity index (χ1v) is 14.8. The first-order chi connectivity index (χ1) is 21.2. The molecule has 3 aromatic heterocycles. The molecule has 0 saturated carbocycles. The molecule has 0 atom stereocenters. The molecule has 8 bridgehead atoms. The van der Waals surface area contributed by atoms with Crippen LogP contribution in [0.1, 0.15) is 91.5 Å². The molecule has 244 valence electrons. The molecular formula is C34H33F3FeN4O4-2. The van der Waals surface area contributed by atoms with Crippen molar-refractivity contribution in [1.29, 1.82) is 0 Å². The molecule has 5 heterocycles. The van der Waals surface area contributed by atoms with Gasteiger partial charge in [0.25, 0.3) is 0 Å². The molecule has 5 rings (SSSR count). The number of halogens is 3. The topological polar surface area (TPSA) is 129 Å². The zero-order valence-electron chi connectivity index (χ0n) is 26.0. The number of hydrogen-bond donors (Lipinski definition) is 2. The summed E-state index contributed by atoms with van der Waals surface area (Å²) in [6.07, 6.45) is -4.01. The number of allylic oxidation sites excluding steroid dienone is 4. The predicted octanol–water partition coefficient (Wildman–Crippen LogP) is 7.45. The molecule has 3 aromatic rings. The van der Waals surface area contributed by atoms with Gasteiger partial charge in [-0.15, -0.1) is 22.1 Å². The van der Waals surface area contributed by atoms with E-state index in [4.69, 9.17) is 15.0 Å².